The van der Waals surface area contributed by atoms with Gasteiger partial charge in [-0.05, 0) is 38.3 Å². The Bertz CT molecular complexity index is 1530. The van der Waals surface area contributed by atoms with Crippen molar-refractivity contribution in [2.45, 2.75) is 38.3 Å². The fourth-order valence-electron chi connectivity index (χ4n) is 6.14. The summed E-state index contributed by atoms with van der Waals surface area (Å²) in [7, 11) is 3.11. The van der Waals surface area contributed by atoms with Gasteiger partial charge in [0.2, 0.25) is 0 Å². The number of allylic oxidation sites excluding steroid dienone is 2. The number of nitrogens with zero attached hydrogens (tertiary/aromatic N) is 4. The average molecular weight is 611 g/mol. The van der Waals surface area contributed by atoms with Crippen molar-refractivity contribution in [2.75, 3.05) is 40.5 Å². The fraction of sp³-hybridized carbons (Fsp3) is 0.371. The zero-order valence-electron chi connectivity index (χ0n) is 26.0. The third-order valence-electron chi connectivity index (χ3n) is 8.56. The molecule has 2 amide bonds. The van der Waals surface area contributed by atoms with Crippen LogP contribution >= 0.6 is 0 Å². The minimum absolute atomic E-state index is 0.0449. The number of carbonyl (C=O) groups is 2. The molecule has 45 heavy (non-hydrogen) atoms. The predicted molar refractivity (Wildman–Crippen MR) is 173 cm³/mol. The maximum absolute atomic E-state index is 13.3. The molecule has 0 spiro atoms. The molecule has 0 aliphatic carbocycles. The molecule has 4 aliphatic heterocycles. The molecule has 0 aromatic heterocycles. The van der Waals surface area contributed by atoms with E-state index in [1.165, 1.54) is 0 Å². The molecule has 2 atom stereocenters. The third kappa shape index (κ3) is 5.96. The lowest BCUT2D eigenvalue weighted by Crippen LogP contribution is -2.35. The maximum atomic E-state index is 13.3. The summed E-state index contributed by atoms with van der Waals surface area (Å²) < 4.78 is 23.9. The first kappa shape index (κ1) is 30.2. The Hall–Kier alpha value is -4.86. The molecule has 2 fully saturated rings. The largest absolute Gasteiger partial charge is 0.493 e. The lowest BCUT2D eigenvalue weighted by molar-refractivity contribution is 0.0770. The molecule has 0 bridgehead atoms. The van der Waals surface area contributed by atoms with E-state index in [1.54, 1.807) is 48.3 Å². The molecule has 10 nitrogen and oxygen atoms in total. The molecule has 4 heterocycles. The van der Waals surface area contributed by atoms with Crippen LogP contribution in [0.5, 0.6) is 23.0 Å². The average Bonchev–Trinajstić information content (AvgIpc) is 3.55. The van der Waals surface area contributed by atoms with Crippen LogP contribution in [0.4, 0.5) is 11.4 Å². The monoisotopic (exact) mass is 610 g/mol. The van der Waals surface area contributed by atoms with E-state index < -0.39 is 0 Å². The van der Waals surface area contributed by atoms with Crippen LogP contribution in [0.15, 0.2) is 70.7 Å². The van der Waals surface area contributed by atoms with Crippen molar-refractivity contribution >= 4 is 35.6 Å². The van der Waals surface area contributed by atoms with Crippen LogP contribution in [0, 0.1) is 5.92 Å². The van der Waals surface area contributed by atoms with Crippen molar-refractivity contribution in [1.82, 2.24) is 9.80 Å². The van der Waals surface area contributed by atoms with Crippen LogP contribution in [-0.4, -0.2) is 86.6 Å². The molecule has 2 aromatic rings. The second kappa shape index (κ2) is 12.6. The molecule has 2 aromatic carbocycles. The molecule has 6 rings (SSSR count). The molecule has 4 aliphatic rings. The van der Waals surface area contributed by atoms with Gasteiger partial charge in [-0.25, -0.2) is 0 Å². The number of benzene rings is 2. The molecule has 234 valence electrons. The molecule has 0 N–H and O–H groups in total. The second-order valence-electron chi connectivity index (χ2n) is 11.8. The van der Waals surface area contributed by atoms with Gasteiger partial charge >= 0.3 is 0 Å². The lowest BCUT2D eigenvalue weighted by Gasteiger charge is -2.22. The van der Waals surface area contributed by atoms with Crippen molar-refractivity contribution in [3.05, 3.63) is 71.8 Å². The Balaban J connectivity index is 1.19. The number of amides is 2. The van der Waals surface area contributed by atoms with Crippen molar-refractivity contribution in [3.8, 4) is 23.0 Å². The Labute approximate surface area is 263 Å². The van der Waals surface area contributed by atoms with Gasteiger partial charge in [-0.2, -0.15) is 0 Å². The molecule has 0 unspecified atom stereocenters. The van der Waals surface area contributed by atoms with Gasteiger partial charge in [0, 0.05) is 43.6 Å². The number of ether oxygens (including phenoxy) is 4. The normalized spacial score (nSPS) is 20.3. The smallest absolute Gasteiger partial charge is 0.257 e. The third-order valence-corrected chi connectivity index (χ3v) is 8.56. The Kier molecular flexibility index (Phi) is 8.47. The van der Waals surface area contributed by atoms with Gasteiger partial charge in [-0.1, -0.05) is 36.5 Å². The predicted octanol–water partition coefficient (Wildman–Crippen LogP) is 5.72. The number of carbonyl (C=O) groups excluding carboxylic acids is 2. The topological polar surface area (TPSA) is 102 Å². The minimum atomic E-state index is -0.0963. The first-order chi connectivity index (χ1) is 21.8. The first-order valence-corrected chi connectivity index (χ1v) is 15.1. The Morgan fingerprint density at radius 3 is 1.69 bits per heavy atom. The number of rotatable bonds is 10. The molecular weight excluding hydrogens is 572 g/mol. The summed E-state index contributed by atoms with van der Waals surface area (Å²) in [6.07, 6.45) is 9.80. The van der Waals surface area contributed by atoms with E-state index in [1.807, 2.05) is 25.4 Å². The number of aliphatic imine (C=N–C) groups is 2. The van der Waals surface area contributed by atoms with Crippen LogP contribution < -0.4 is 18.9 Å². The minimum Gasteiger partial charge on any atom is -0.493 e. The van der Waals surface area contributed by atoms with E-state index in [0.717, 1.165) is 11.1 Å². The Morgan fingerprint density at radius 2 is 1.27 bits per heavy atom. The Morgan fingerprint density at radius 1 is 0.800 bits per heavy atom. The van der Waals surface area contributed by atoms with E-state index in [0.29, 0.717) is 91.1 Å². The summed E-state index contributed by atoms with van der Waals surface area (Å²) >= 11 is 0. The maximum Gasteiger partial charge on any atom is 0.257 e. The number of methoxy groups -OCH3 is 2. The fourth-order valence-corrected chi connectivity index (χ4v) is 6.14. The zero-order valence-corrected chi connectivity index (χ0v) is 26.0. The van der Waals surface area contributed by atoms with E-state index in [9.17, 15) is 9.59 Å². The van der Waals surface area contributed by atoms with Crippen LogP contribution in [0.1, 0.15) is 46.9 Å². The number of hydrogen-bond acceptors (Lipinski definition) is 8. The van der Waals surface area contributed by atoms with Crippen molar-refractivity contribution in [3.63, 3.8) is 0 Å². The highest BCUT2D eigenvalue weighted by atomic mass is 16.5. The highest BCUT2D eigenvalue weighted by Crippen LogP contribution is 2.40. The van der Waals surface area contributed by atoms with E-state index in [-0.39, 0.29) is 29.8 Å². The van der Waals surface area contributed by atoms with E-state index in [4.69, 9.17) is 18.9 Å². The highest BCUT2D eigenvalue weighted by molar-refractivity contribution is 6.04. The van der Waals surface area contributed by atoms with Crippen LogP contribution in [0.25, 0.3) is 0 Å². The standard InChI is InChI=1S/C35H38N4O6/c1-6-7-8-23(19-44-32-13-28-26(11-30(32)42-4)34(40)38-17-21(2)9-24(38)15-36-28)20-45-33-14-29-27(12-31(33)43-5)35(41)39-18-22(3)10-25(39)16-37-29/h6-7,11-16,23-25H,2-3,8-10,17-20H2,1,4-5H3/t24-,25-/m0/s1. The highest BCUT2D eigenvalue weighted by Gasteiger charge is 2.35. The van der Waals surface area contributed by atoms with Crippen LogP contribution in [-0.2, 0) is 0 Å². The molecule has 10 heteroatoms. The van der Waals surface area contributed by atoms with Gasteiger partial charge in [-0.3, -0.25) is 19.6 Å². The van der Waals surface area contributed by atoms with Gasteiger partial charge in [0.05, 0.1) is 62.0 Å². The zero-order chi connectivity index (χ0) is 31.7. The van der Waals surface area contributed by atoms with Gasteiger partial charge in [0.15, 0.2) is 23.0 Å². The summed E-state index contributed by atoms with van der Waals surface area (Å²) in [5.74, 6) is 1.67. The van der Waals surface area contributed by atoms with Crippen molar-refractivity contribution < 1.29 is 28.5 Å². The number of fused-ring (bicyclic) bond motifs is 4. The van der Waals surface area contributed by atoms with Gasteiger partial charge in [-0.15, -0.1) is 0 Å². The van der Waals surface area contributed by atoms with Crippen LogP contribution in [0.2, 0.25) is 0 Å². The lowest BCUT2D eigenvalue weighted by atomic mass is 10.1. The van der Waals surface area contributed by atoms with Crippen molar-refractivity contribution in [1.29, 1.82) is 0 Å². The molecule has 0 radical (unpaired) electrons. The number of hydrogen-bond donors (Lipinski definition) is 0. The van der Waals surface area contributed by atoms with Gasteiger partial charge < -0.3 is 28.7 Å². The van der Waals surface area contributed by atoms with Crippen molar-refractivity contribution in [2.24, 2.45) is 15.9 Å². The first-order valence-electron chi connectivity index (χ1n) is 15.1. The van der Waals surface area contributed by atoms with Gasteiger partial charge in [0.25, 0.3) is 11.8 Å². The van der Waals surface area contributed by atoms with E-state index >= 15 is 0 Å². The summed E-state index contributed by atoms with van der Waals surface area (Å²) in [5, 5.41) is 0. The van der Waals surface area contributed by atoms with Crippen LogP contribution in [0.3, 0.4) is 0 Å². The molecule has 0 saturated carbocycles. The van der Waals surface area contributed by atoms with Gasteiger partial charge in [0.1, 0.15) is 0 Å². The summed E-state index contributed by atoms with van der Waals surface area (Å²) in [6, 6.07) is 6.74. The molecule has 2 saturated heterocycles. The second-order valence-corrected chi connectivity index (χ2v) is 11.8. The molecular formula is C35H38N4O6. The summed E-state index contributed by atoms with van der Waals surface area (Å²) in [5.41, 5.74) is 4.08. The SMILES string of the molecule is C=C1C[C@H]2C=Nc3cc(OCC(CC=CC)COc4cc5c(cc4OC)C(=O)N4CC(=C)C[C@H]4C=N5)c(OC)cc3C(=O)N2C1. The van der Waals surface area contributed by atoms with E-state index in [2.05, 4.69) is 29.2 Å². The summed E-state index contributed by atoms with van der Waals surface area (Å²) in [4.78, 5) is 39.5. The quantitative estimate of drug-likeness (QED) is 0.319. The summed E-state index contributed by atoms with van der Waals surface area (Å²) in [6.45, 7) is 11.7.